The predicted octanol–water partition coefficient (Wildman–Crippen LogP) is 7.89. The van der Waals surface area contributed by atoms with Gasteiger partial charge in [0.05, 0.1) is 0 Å². The summed E-state index contributed by atoms with van der Waals surface area (Å²) in [5.74, 6) is 0. The Hall–Kier alpha value is -1.56. The Morgan fingerprint density at radius 2 is 1.04 bits per heavy atom. The lowest BCUT2D eigenvalue weighted by atomic mass is 9.90. The molecule has 148 valence electrons. The number of hydrogen-bond acceptors (Lipinski definition) is 0. The number of fused-ring (bicyclic) bond motifs is 2. The lowest BCUT2D eigenvalue weighted by molar-refractivity contribution is 0.684. The summed E-state index contributed by atoms with van der Waals surface area (Å²) in [6.45, 7) is 6.61. The van der Waals surface area contributed by atoms with E-state index in [2.05, 4.69) is 63.2 Å². The number of hydrogen-bond donors (Lipinski definition) is 0. The van der Waals surface area contributed by atoms with Gasteiger partial charge in [-0.25, -0.2) is 0 Å². The first kappa shape index (κ1) is 21.7. The van der Waals surface area contributed by atoms with Gasteiger partial charge in [-0.15, -0.1) is 0 Å². The highest BCUT2D eigenvalue weighted by molar-refractivity contribution is 5.33. The largest absolute Gasteiger partial charge is 0.0654 e. The smallest absolute Gasteiger partial charge is 0.0276 e. The Labute approximate surface area is 168 Å². The molecular weight excluding hydrogens is 324 g/mol. The summed E-state index contributed by atoms with van der Waals surface area (Å²) in [5.41, 5.74) is 7.91. The van der Waals surface area contributed by atoms with Gasteiger partial charge in [0.2, 0.25) is 0 Å². The van der Waals surface area contributed by atoms with Crippen LogP contribution in [0.2, 0.25) is 0 Å². The normalized spacial score (nSPS) is 14.6. The summed E-state index contributed by atoms with van der Waals surface area (Å²) in [4.78, 5) is 0. The Morgan fingerprint density at radius 3 is 1.52 bits per heavy atom. The van der Waals surface area contributed by atoms with E-state index in [9.17, 15) is 0 Å². The van der Waals surface area contributed by atoms with Crippen LogP contribution in [0.15, 0.2) is 42.5 Å². The minimum Gasteiger partial charge on any atom is -0.0654 e. The summed E-state index contributed by atoms with van der Waals surface area (Å²) in [6, 6.07) is 15.9. The zero-order valence-electron chi connectivity index (χ0n) is 18.0. The van der Waals surface area contributed by atoms with E-state index in [1.165, 1.54) is 82.6 Å². The zero-order valence-corrected chi connectivity index (χ0v) is 18.0. The molecule has 2 aromatic rings. The third-order valence-corrected chi connectivity index (χ3v) is 5.71. The topological polar surface area (TPSA) is 0 Å². The predicted molar refractivity (Wildman–Crippen MR) is 121 cm³/mol. The Bertz CT molecular complexity index is 626. The van der Waals surface area contributed by atoms with Crippen LogP contribution in [0, 0.1) is 0 Å². The van der Waals surface area contributed by atoms with E-state index >= 15 is 0 Å². The van der Waals surface area contributed by atoms with E-state index < -0.39 is 0 Å². The quantitative estimate of drug-likeness (QED) is 0.519. The van der Waals surface area contributed by atoms with Gasteiger partial charge in [-0.3, -0.25) is 0 Å². The lowest BCUT2D eigenvalue weighted by Crippen LogP contribution is -2.02. The van der Waals surface area contributed by atoms with Crippen molar-refractivity contribution in [2.24, 2.45) is 0 Å². The fraction of sp³-hybridized carbons (Fsp3) is 0.556. The molecule has 27 heavy (non-hydrogen) atoms. The van der Waals surface area contributed by atoms with Crippen LogP contribution in [0.4, 0.5) is 0 Å². The van der Waals surface area contributed by atoms with E-state index in [1.807, 2.05) is 0 Å². The Morgan fingerprint density at radius 1 is 0.556 bits per heavy atom. The van der Waals surface area contributed by atoms with Crippen LogP contribution in [-0.4, -0.2) is 0 Å². The van der Waals surface area contributed by atoms with Crippen molar-refractivity contribution in [2.45, 2.75) is 97.8 Å². The maximum atomic E-state index is 2.43. The molecule has 0 bridgehead atoms. The first-order valence-corrected chi connectivity index (χ1v) is 11.5. The van der Waals surface area contributed by atoms with Gasteiger partial charge in [-0.2, -0.15) is 0 Å². The van der Waals surface area contributed by atoms with Crippen LogP contribution in [0.25, 0.3) is 0 Å². The van der Waals surface area contributed by atoms with Gasteiger partial charge in [-0.05, 0) is 85.6 Å². The van der Waals surface area contributed by atoms with E-state index in [-0.39, 0.29) is 0 Å². The fourth-order valence-electron chi connectivity index (χ4n) is 3.91. The standard InChI is InChI=1S/C13H18.C10H12.C4H10/c1-2-5-11-8-9-12-6-3-4-7-13(12)10-11;1-2-6-10-8-4-3-7-9(10)5-1;1-3-4-2/h8-10H,2-7H2,1H3;1-2,5-6H,3-4,7-8H2;3-4H2,1-2H3. The van der Waals surface area contributed by atoms with Crippen molar-refractivity contribution in [2.75, 3.05) is 0 Å². The monoisotopic (exact) mass is 364 g/mol. The van der Waals surface area contributed by atoms with Crippen molar-refractivity contribution in [1.29, 1.82) is 0 Å². The zero-order chi connectivity index (χ0) is 19.3. The summed E-state index contributed by atoms with van der Waals surface area (Å²) in [7, 11) is 0. The molecule has 0 heterocycles. The molecular formula is C27H40. The highest BCUT2D eigenvalue weighted by Crippen LogP contribution is 2.22. The van der Waals surface area contributed by atoms with Crippen LogP contribution < -0.4 is 0 Å². The van der Waals surface area contributed by atoms with Gasteiger partial charge in [0.1, 0.15) is 0 Å². The average molecular weight is 365 g/mol. The molecule has 4 rings (SSSR count). The van der Waals surface area contributed by atoms with Gasteiger partial charge in [0.25, 0.3) is 0 Å². The second-order valence-corrected chi connectivity index (χ2v) is 8.04. The van der Waals surface area contributed by atoms with Crippen LogP contribution in [0.5, 0.6) is 0 Å². The van der Waals surface area contributed by atoms with E-state index in [4.69, 9.17) is 0 Å². The third-order valence-electron chi connectivity index (χ3n) is 5.71. The maximum absolute atomic E-state index is 2.43. The summed E-state index contributed by atoms with van der Waals surface area (Å²) in [5, 5.41) is 0. The van der Waals surface area contributed by atoms with E-state index in [0.29, 0.717) is 0 Å². The van der Waals surface area contributed by atoms with Gasteiger partial charge < -0.3 is 0 Å². The van der Waals surface area contributed by atoms with Gasteiger partial charge in [0.15, 0.2) is 0 Å². The second-order valence-electron chi connectivity index (χ2n) is 8.04. The van der Waals surface area contributed by atoms with Gasteiger partial charge >= 0.3 is 0 Å². The molecule has 0 amide bonds. The number of unbranched alkanes of at least 4 members (excludes halogenated alkanes) is 1. The lowest BCUT2D eigenvalue weighted by Gasteiger charge is -2.16. The Kier molecular flexibility index (Phi) is 10.3. The highest BCUT2D eigenvalue weighted by atomic mass is 14.1. The molecule has 0 radical (unpaired) electrons. The van der Waals surface area contributed by atoms with Gasteiger partial charge in [0, 0.05) is 0 Å². The van der Waals surface area contributed by atoms with Crippen LogP contribution >= 0.6 is 0 Å². The summed E-state index contributed by atoms with van der Waals surface area (Å²) in [6.07, 6.45) is 15.9. The molecule has 2 aromatic carbocycles. The van der Waals surface area contributed by atoms with Crippen LogP contribution in [-0.2, 0) is 32.1 Å². The molecule has 0 saturated heterocycles. The highest BCUT2D eigenvalue weighted by Gasteiger charge is 2.08. The molecule has 0 unspecified atom stereocenters. The van der Waals surface area contributed by atoms with Crippen molar-refractivity contribution >= 4 is 0 Å². The number of rotatable bonds is 3. The molecule has 0 heteroatoms. The van der Waals surface area contributed by atoms with Crippen LogP contribution in [0.1, 0.15) is 93.5 Å². The molecule has 2 aliphatic rings. The van der Waals surface area contributed by atoms with Crippen molar-refractivity contribution in [3.63, 3.8) is 0 Å². The van der Waals surface area contributed by atoms with Crippen molar-refractivity contribution in [3.8, 4) is 0 Å². The van der Waals surface area contributed by atoms with Crippen molar-refractivity contribution in [1.82, 2.24) is 0 Å². The molecule has 0 aromatic heterocycles. The summed E-state index contributed by atoms with van der Waals surface area (Å²) < 4.78 is 0. The molecule has 0 spiro atoms. The SMILES string of the molecule is CCCC.CCCc1ccc2c(c1)CCCC2.c1ccc2c(c1)CCCC2. The minimum atomic E-state index is 1.24. The Balaban J connectivity index is 0.000000166. The van der Waals surface area contributed by atoms with E-state index in [1.54, 1.807) is 22.3 Å². The van der Waals surface area contributed by atoms with Gasteiger partial charge in [-0.1, -0.05) is 82.5 Å². The molecule has 2 aliphatic carbocycles. The first-order chi connectivity index (χ1) is 13.3. The minimum absolute atomic E-state index is 1.24. The molecule has 0 N–H and O–H groups in total. The number of aryl methyl sites for hydroxylation is 5. The molecule has 0 fully saturated rings. The molecule has 0 atom stereocenters. The maximum Gasteiger partial charge on any atom is -0.0276 e. The summed E-state index contributed by atoms with van der Waals surface area (Å²) >= 11 is 0. The van der Waals surface area contributed by atoms with Crippen molar-refractivity contribution < 1.29 is 0 Å². The third kappa shape index (κ3) is 7.53. The number of benzene rings is 2. The molecule has 0 aliphatic heterocycles. The molecule has 0 nitrogen and oxygen atoms in total. The van der Waals surface area contributed by atoms with Crippen LogP contribution in [0.3, 0.4) is 0 Å². The second kappa shape index (κ2) is 12.8. The fourth-order valence-corrected chi connectivity index (χ4v) is 3.91. The first-order valence-electron chi connectivity index (χ1n) is 11.5. The average Bonchev–Trinajstić information content (AvgIpc) is 2.75. The van der Waals surface area contributed by atoms with Crippen molar-refractivity contribution in [3.05, 3.63) is 70.3 Å². The van der Waals surface area contributed by atoms with E-state index in [0.717, 1.165) is 0 Å². The molecule has 0 saturated carbocycles.